The summed E-state index contributed by atoms with van der Waals surface area (Å²) in [4.78, 5) is 17.5. The van der Waals surface area contributed by atoms with E-state index in [0.29, 0.717) is 13.0 Å². The molecular weight excluding hydrogens is 300 g/mol. The molecule has 1 aliphatic rings. The van der Waals surface area contributed by atoms with Crippen LogP contribution in [0.4, 0.5) is 0 Å². The van der Waals surface area contributed by atoms with Gasteiger partial charge in [0.05, 0.1) is 0 Å². The molecule has 0 fully saturated rings. The lowest BCUT2D eigenvalue weighted by Crippen LogP contribution is -2.46. The van der Waals surface area contributed by atoms with E-state index < -0.39 is 12.0 Å². The monoisotopic (exact) mass is 320 g/mol. The lowest BCUT2D eigenvalue weighted by Gasteiger charge is -2.38. The van der Waals surface area contributed by atoms with Gasteiger partial charge in [0.15, 0.2) is 0 Å². The molecule has 1 aromatic heterocycles. The summed E-state index contributed by atoms with van der Waals surface area (Å²) in [7, 11) is 0. The second-order valence-corrected chi connectivity index (χ2v) is 6.45. The molecule has 0 saturated heterocycles. The number of carboxylic acid groups (broad SMARTS) is 1. The van der Waals surface area contributed by atoms with Crippen LogP contribution in [-0.2, 0) is 17.8 Å². The van der Waals surface area contributed by atoms with Gasteiger partial charge in [-0.05, 0) is 24.1 Å². The number of para-hydroxylation sites is 1. The minimum absolute atomic E-state index is 0.0301. The van der Waals surface area contributed by atoms with Gasteiger partial charge in [-0.25, -0.2) is 0 Å². The molecule has 1 aliphatic heterocycles. The number of rotatable bonds is 3. The van der Waals surface area contributed by atoms with E-state index in [1.54, 1.807) is 0 Å². The summed E-state index contributed by atoms with van der Waals surface area (Å²) in [5, 5.41) is 10.9. The summed E-state index contributed by atoms with van der Waals surface area (Å²) in [6.07, 6.45) is 0.534. The number of carbonyl (C=O) groups is 1. The topological polar surface area (TPSA) is 56.3 Å². The average Bonchev–Trinajstić information content (AvgIpc) is 2.97. The Morgan fingerprint density at radius 3 is 2.62 bits per heavy atom. The van der Waals surface area contributed by atoms with Crippen LogP contribution in [0.2, 0.25) is 0 Å². The van der Waals surface area contributed by atoms with Crippen molar-refractivity contribution in [1.82, 2.24) is 9.88 Å². The van der Waals surface area contributed by atoms with Gasteiger partial charge in [-0.3, -0.25) is 9.69 Å². The summed E-state index contributed by atoms with van der Waals surface area (Å²) >= 11 is 0. The van der Waals surface area contributed by atoms with Gasteiger partial charge < -0.3 is 10.1 Å². The first kappa shape index (κ1) is 15.0. The summed E-state index contributed by atoms with van der Waals surface area (Å²) in [5.74, 6) is -0.756. The Labute approximate surface area is 140 Å². The number of H-pyrrole nitrogens is 1. The van der Waals surface area contributed by atoms with E-state index in [4.69, 9.17) is 0 Å². The van der Waals surface area contributed by atoms with Gasteiger partial charge in [0, 0.05) is 35.6 Å². The maximum atomic E-state index is 11.9. The van der Waals surface area contributed by atoms with Gasteiger partial charge in [0.25, 0.3) is 0 Å². The zero-order valence-electron chi connectivity index (χ0n) is 13.6. The summed E-state index contributed by atoms with van der Waals surface area (Å²) in [6, 6.07) is 17.7. The molecule has 4 heteroatoms. The molecule has 0 amide bonds. The molecule has 0 spiro atoms. The fraction of sp³-hybridized carbons (Fsp3) is 0.250. The third-order valence-electron chi connectivity index (χ3n) is 5.05. The number of hydrogen-bond donors (Lipinski definition) is 2. The van der Waals surface area contributed by atoms with Crippen molar-refractivity contribution in [2.75, 3.05) is 0 Å². The summed E-state index contributed by atoms with van der Waals surface area (Å²) < 4.78 is 0. The second kappa shape index (κ2) is 5.80. The van der Waals surface area contributed by atoms with Crippen molar-refractivity contribution in [3.8, 4) is 0 Å². The molecule has 3 aromatic rings. The van der Waals surface area contributed by atoms with Crippen LogP contribution >= 0.6 is 0 Å². The maximum Gasteiger partial charge on any atom is 0.321 e. The molecule has 4 nitrogen and oxygen atoms in total. The van der Waals surface area contributed by atoms with Gasteiger partial charge in [0.2, 0.25) is 0 Å². The number of aromatic amines is 1. The first-order chi connectivity index (χ1) is 11.6. The second-order valence-electron chi connectivity index (χ2n) is 6.45. The minimum atomic E-state index is -0.756. The predicted molar refractivity (Wildman–Crippen MR) is 93.8 cm³/mol. The van der Waals surface area contributed by atoms with Gasteiger partial charge >= 0.3 is 5.97 Å². The van der Waals surface area contributed by atoms with Crippen molar-refractivity contribution in [2.45, 2.75) is 32.0 Å². The fourth-order valence-electron chi connectivity index (χ4n) is 3.81. The molecule has 0 bridgehead atoms. The van der Waals surface area contributed by atoms with Crippen molar-refractivity contribution >= 4 is 16.9 Å². The first-order valence-electron chi connectivity index (χ1n) is 8.27. The molecule has 2 atom stereocenters. The molecule has 2 aromatic carbocycles. The van der Waals surface area contributed by atoms with E-state index in [1.807, 2.05) is 42.5 Å². The van der Waals surface area contributed by atoms with Crippen LogP contribution in [0.5, 0.6) is 0 Å². The Morgan fingerprint density at radius 1 is 1.17 bits per heavy atom. The molecule has 2 heterocycles. The first-order valence-corrected chi connectivity index (χ1v) is 8.27. The van der Waals surface area contributed by atoms with Crippen LogP contribution in [0.25, 0.3) is 10.9 Å². The van der Waals surface area contributed by atoms with Crippen LogP contribution < -0.4 is 0 Å². The van der Waals surface area contributed by atoms with E-state index in [1.165, 1.54) is 0 Å². The molecule has 0 aliphatic carbocycles. The number of aliphatic carboxylic acids is 1. The Balaban J connectivity index is 1.77. The smallest absolute Gasteiger partial charge is 0.321 e. The number of benzene rings is 2. The number of nitrogens with zero attached hydrogens (tertiary/aromatic N) is 1. The molecule has 0 unspecified atom stereocenters. The number of hydrogen-bond acceptors (Lipinski definition) is 2. The Hall–Kier alpha value is -2.59. The Kier molecular flexibility index (Phi) is 3.62. The Morgan fingerprint density at radius 2 is 1.88 bits per heavy atom. The van der Waals surface area contributed by atoms with Gasteiger partial charge in [-0.2, -0.15) is 0 Å². The SMILES string of the molecule is C[C@H]1c2[nH]c3ccccc3c2C[C@@H](C(=O)O)N1Cc1ccccc1. The highest BCUT2D eigenvalue weighted by Gasteiger charge is 2.37. The molecule has 4 rings (SSSR count). The highest BCUT2D eigenvalue weighted by Crippen LogP contribution is 2.37. The lowest BCUT2D eigenvalue weighted by molar-refractivity contribution is -0.145. The van der Waals surface area contributed by atoms with E-state index in [-0.39, 0.29) is 6.04 Å². The average molecular weight is 320 g/mol. The lowest BCUT2D eigenvalue weighted by atomic mass is 9.91. The summed E-state index contributed by atoms with van der Waals surface area (Å²) in [6.45, 7) is 2.72. The molecule has 0 saturated carbocycles. The molecular formula is C20H20N2O2. The van der Waals surface area contributed by atoms with Crippen LogP contribution in [0.15, 0.2) is 54.6 Å². The van der Waals surface area contributed by atoms with Gasteiger partial charge in [-0.1, -0.05) is 48.5 Å². The highest BCUT2D eigenvalue weighted by atomic mass is 16.4. The van der Waals surface area contributed by atoms with Crippen molar-refractivity contribution < 1.29 is 9.90 Å². The van der Waals surface area contributed by atoms with E-state index in [2.05, 4.69) is 28.9 Å². The molecule has 122 valence electrons. The van der Waals surface area contributed by atoms with Crippen LogP contribution in [0.3, 0.4) is 0 Å². The van der Waals surface area contributed by atoms with Crippen LogP contribution in [0, 0.1) is 0 Å². The highest BCUT2D eigenvalue weighted by molar-refractivity contribution is 5.86. The predicted octanol–water partition coefficient (Wildman–Crippen LogP) is 3.74. The van der Waals surface area contributed by atoms with Crippen molar-refractivity contribution in [1.29, 1.82) is 0 Å². The summed E-state index contributed by atoms with van der Waals surface area (Å²) in [5.41, 5.74) is 4.51. The Bertz CT molecular complexity index is 885. The number of aromatic nitrogens is 1. The van der Waals surface area contributed by atoms with E-state index in [0.717, 1.165) is 27.7 Å². The number of carboxylic acids is 1. The zero-order chi connectivity index (χ0) is 16.7. The van der Waals surface area contributed by atoms with E-state index >= 15 is 0 Å². The number of nitrogens with one attached hydrogen (secondary N) is 1. The van der Waals surface area contributed by atoms with E-state index in [9.17, 15) is 9.90 Å². The van der Waals surface area contributed by atoms with Gasteiger partial charge in [-0.15, -0.1) is 0 Å². The minimum Gasteiger partial charge on any atom is -0.480 e. The van der Waals surface area contributed by atoms with Crippen LogP contribution in [-0.4, -0.2) is 27.0 Å². The van der Waals surface area contributed by atoms with Crippen LogP contribution in [0.1, 0.15) is 29.8 Å². The van der Waals surface area contributed by atoms with Crippen molar-refractivity contribution in [3.63, 3.8) is 0 Å². The third-order valence-corrected chi connectivity index (χ3v) is 5.05. The zero-order valence-corrected chi connectivity index (χ0v) is 13.6. The third kappa shape index (κ3) is 2.39. The number of fused-ring (bicyclic) bond motifs is 3. The van der Waals surface area contributed by atoms with Crippen molar-refractivity contribution in [2.24, 2.45) is 0 Å². The quantitative estimate of drug-likeness (QED) is 0.773. The standard InChI is InChI=1S/C20H20N2O2/c1-13-19-16(15-9-5-6-10-17(15)21-19)11-18(20(23)24)22(13)12-14-7-3-2-4-8-14/h2-10,13,18,21H,11-12H2,1H3,(H,23,24)/t13-,18-/m0/s1. The largest absolute Gasteiger partial charge is 0.480 e. The molecule has 24 heavy (non-hydrogen) atoms. The van der Waals surface area contributed by atoms with Gasteiger partial charge in [0.1, 0.15) is 6.04 Å². The molecule has 2 N–H and O–H groups in total. The molecule has 0 radical (unpaired) electrons. The fourth-order valence-corrected chi connectivity index (χ4v) is 3.81. The van der Waals surface area contributed by atoms with Crippen molar-refractivity contribution in [3.05, 3.63) is 71.4 Å². The normalized spacial score (nSPS) is 20.9. The maximum absolute atomic E-state index is 11.9.